The predicted molar refractivity (Wildman–Crippen MR) is 156 cm³/mol. The maximum absolute atomic E-state index is 13.9. The molecule has 1 amide bonds. The van der Waals surface area contributed by atoms with Crippen LogP contribution in [-0.2, 0) is 17.8 Å². The Balaban J connectivity index is 1.60. The lowest BCUT2D eigenvalue weighted by atomic mass is 10.1. The molecule has 1 atom stereocenters. The minimum Gasteiger partial charge on any atom is -0.484 e. The second kappa shape index (κ2) is 12.2. The number of nitrogens with zero attached hydrogens (tertiary/aromatic N) is 3. The highest BCUT2D eigenvalue weighted by molar-refractivity contribution is 6.30. The smallest absolute Gasteiger partial charge is 0.266 e. The van der Waals surface area contributed by atoms with Gasteiger partial charge in [-0.1, -0.05) is 49.7 Å². The number of ether oxygens (including phenoxy) is 1. The average molecular weight is 556 g/mol. The summed E-state index contributed by atoms with van der Waals surface area (Å²) in [5.41, 5.74) is 2.24. The molecule has 0 bridgehead atoms. The molecule has 0 fully saturated rings. The number of fused-ring (bicyclic) bond motifs is 1. The summed E-state index contributed by atoms with van der Waals surface area (Å²) in [5, 5.41) is 1.09. The molecule has 0 spiro atoms. The summed E-state index contributed by atoms with van der Waals surface area (Å²) in [4.78, 5) is 34.4. The number of aromatic nitrogens is 2. The molecule has 0 aliphatic carbocycles. The van der Waals surface area contributed by atoms with Crippen molar-refractivity contribution >= 4 is 28.4 Å². The van der Waals surface area contributed by atoms with E-state index >= 15 is 0 Å². The Kier molecular flexibility index (Phi) is 8.31. The van der Waals surface area contributed by atoms with Gasteiger partial charge in [0, 0.05) is 5.02 Å². The van der Waals surface area contributed by atoms with Crippen molar-refractivity contribution in [3.8, 4) is 11.4 Å². The number of carbonyl (C=O) groups is 1. The summed E-state index contributed by atoms with van der Waals surface area (Å²) in [6, 6.07) is 25.0. The van der Waals surface area contributed by atoms with Crippen molar-refractivity contribution in [2.24, 2.45) is 0 Å². The molecule has 5 rings (SSSR count). The lowest BCUT2D eigenvalue weighted by Crippen LogP contribution is -2.40. The van der Waals surface area contributed by atoms with E-state index in [0.29, 0.717) is 45.4 Å². The maximum atomic E-state index is 13.9. The Morgan fingerprint density at radius 2 is 1.75 bits per heavy atom. The summed E-state index contributed by atoms with van der Waals surface area (Å²) in [6.07, 6.45) is 2.96. The normalized spacial score (nSPS) is 11.9. The predicted octanol–water partition coefficient (Wildman–Crippen LogP) is 6.75. The Morgan fingerprint density at radius 1 is 1.00 bits per heavy atom. The first-order valence-corrected chi connectivity index (χ1v) is 13.7. The van der Waals surface area contributed by atoms with Gasteiger partial charge in [-0.05, 0) is 79.1 Å². The van der Waals surface area contributed by atoms with Crippen LogP contribution in [0.1, 0.15) is 43.5 Å². The number of para-hydroxylation sites is 1. The van der Waals surface area contributed by atoms with Crippen molar-refractivity contribution in [3.05, 3.63) is 124 Å². The largest absolute Gasteiger partial charge is 0.484 e. The van der Waals surface area contributed by atoms with E-state index in [4.69, 9.17) is 25.7 Å². The van der Waals surface area contributed by atoms with Crippen LogP contribution < -0.4 is 10.3 Å². The molecule has 7 nitrogen and oxygen atoms in total. The molecule has 0 radical (unpaired) electrons. The Morgan fingerprint density at radius 3 is 2.42 bits per heavy atom. The second-order valence-corrected chi connectivity index (χ2v) is 9.85. The topological polar surface area (TPSA) is 77.6 Å². The van der Waals surface area contributed by atoms with Gasteiger partial charge in [0.15, 0.2) is 6.61 Å². The summed E-state index contributed by atoms with van der Waals surface area (Å²) in [5.74, 6) is 1.34. The molecule has 8 heteroatoms. The van der Waals surface area contributed by atoms with E-state index in [1.807, 2.05) is 55.5 Å². The molecular weight excluding hydrogens is 526 g/mol. The molecule has 3 aromatic carbocycles. The highest BCUT2D eigenvalue weighted by Gasteiger charge is 2.30. The third-order valence-electron chi connectivity index (χ3n) is 6.87. The molecule has 5 aromatic rings. The molecule has 0 N–H and O–H groups in total. The van der Waals surface area contributed by atoms with Crippen LogP contribution in [0.2, 0.25) is 5.02 Å². The van der Waals surface area contributed by atoms with Gasteiger partial charge in [-0.3, -0.25) is 14.2 Å². The van der Waals surface area contributed by atoms with Crippen LogP contribution in [0.3, 0.4) is 0 Å². The number of amides is 1. The maximum Gasteiger partial charge on any atom is 0.266 e. The van der Waals surface area contributed by atoms with Crippen LogP contribution in [0, 0.1) is 0 Å². The molecule has 0 saturated carbocycles. The van der Waals surface area contributed by atoms with E-state index < -0.39 is 6.04 Å². The monoisotopic (exact) mass is 555 g/mol. The SMILES string of the molecule is CCc1ccc(-n2c(C(CC)N(Cc3ccco3)C(=O)COc3ccc(Cl)cc3)nc3ccccc3c2=O)cc1. The van der Waals surface area contributed by atoms with Crippen molar-refractivity contribution in [1.82, 2.24) is 14.5 Å². The Labute approximate surface area is 237 Å². The molecule has 204 valence electrons. The van der Waals surface area contributed by atoms with Crippen LogP contribution in [0.4, 0.5) is 0 Å². The van der Waals surface area contributed by atoms with Crippen molar-refractivity contribution in [1.29, 1.82) is 0 Å². The minimum atomic E-state index is -0.547. The van der Waals surface area contributed by atoms with E-state index in [-0.39, 0.29) is 24.6 Å². The van der Waals surface area contributed by atoms with Gasteiger partial charge in [-0.25, -0.2) is 4.98 Å². The highest BCUT2D eigenvalue weighted by Crippen LogP contribution is 2.28. The number of aryl methyl sites for hydroxylation is 1. The zero-order valence-electron chi connectivity index (χ0n) is 22.4. The zero-order chi connectivity index (χ0) is 28.1. The zero-order valence-corrected chi connectivity index (χ0v) is 23.2. The summed E-state index contributed by atoms with van der Waals surface area (Å²) >= 11 is 5.99. The van der Waals surface area contributed by atoms with E-state index in [1.165, 1.54) is 0 Å². The third-order valence-corrected chi connectivity index (χ3v) is 7.12. The number of hydrogen-bond donors (Lipinski definition) is 0. The summed E-state index contributed by atoms with van der Waals surface area (Å²) in [7, 11) is 0. The van der Waals surface area contributed by atoms with Gasteiger partial charge < -0.3 is 14.1 Å². The Hall–Kier alpha value is -4.36. The van der Waals surface area contributed by atoms with Crippen LogP contribution in [0.15, 0.2) is 100 Å². The van der Waals surface area contributed by atoms with E-state index in [2.05, 4.69) is 6.92 Å². The fraction of sp³-hybridized carbons (Fsp3) is 0.219. The molecule has 0 aliphatic rings. The molecular formula is C32H30ClN3O4. The van der Waals surface area contributed by atoms with Crippen molar-refractivity contribution in [2.45, 2.75) is 39.3 Å². The van der Waals surface area contributed by atoms with Crippen LogP contribution in [0.5, 0.6) is 5.75 Å². The van der Waals surface area contributed by atoms with Crippen molar-refractivity contribution in [3.63, 3.8) is 0 Å². The molecule has 1 unspecified atom stereocenters. The lowest BCUT2D eigenvalue weighted by Gasteiger charge is -2.32. The van der Waals surface area contributed by atoms with Gasteiger partial charge in [0.05, 0.1) is 35.4 Å². The van der Waals surface area contributed by atoms with Gasteiger partial charge in [0.1, 0.15) is 17.3 Å². The van der Waals surface area contributed by atoms with Gasteiger partial charge in [-0.2, -0.15) is 0 Å². The third kappa shape index (κ3) is 5.80. The fourth-order valence-electron chi connectivity index (χ4n) is 4.75. The van der Waals surface area contributed by atoms with E-state index in [1.54, 1.807) is 52.1 Å². The molecule has 0 aliphatic heterocycles. The number of halogens is 1. The number of furan rings is 1. The van der Waals surface area contributed by atoms with E-state index in [9.17, 15) is 9.59 Å². The number of benzene rings is 3. The average Bonchev–Trinajstić information content (AvgIpc) is 3.50. The van der Waals surface area contributed by atoms with Gasteiger partial charge in [0.2, 0.25) is 0 Å². The van der Waals surface area contributed by atoms with Gasteiger partial charge in [0.25, 0.3) is 11.5 Å². The highest BCUT2D eigenvalue weighted by atomic mass is 35.5. The van der Waals surface area contributed by atoms with Gasteiger partial charge >= 0.3 is 0 Å². The van der Waals surface area contributed by atoms with Gasteiger partial charge in [-0.15, -0.1) is 0 Å². The quantitative estimate of drug-likeness (QED) is 0.190. The standard InChI is InChI=1S/C32H30ClN3O4/c1-3-22-11-15-24(16-12-22)36-31(34-28-10-6-5-9-27(28)32(36)38)29(4-2)35(20-26-8-7-19-39-26)30(37)21-40-25-17-13-23(33)14-18-25/h5-19,29H,3-4,20-21H2,1-2H3. The molecule has 2 heterocycles. The first-order chi connectivity index (χ1) is 19.5. The molecule has 40 heavy (non-hydrogen) atoms. The second-order valence-electron chi connectivity index (χ2n) is 9.42. The minimum absolute atomic E-state index is 0.186. The van der Waals surface area contributed by atoms with Crippen molar-refractivity contribution < 1.29 is 13.9 Å². The number of carbonyl (C=O) groups excluding carboxylic acids is 1. The lowest BCUT2D eigenvalue weighted by molar-refractivity contribution is -0.137. The first-order valence-electron chi connectivity index (χ1n) is 13.3. The summed E-state index contributed by atoms with van der Waals surface area (Å²) in [6.45, 7) is 4.04. The Bertz CT molecular complexity index is 1650. The van der Waals surface area contributed by atoms with E-state index in [0.717, 1.165) is 12.0 Å². The van der Waals surface area contributed by atoms with Crippen LogP contribution in [-0.4, -0.2) is 27.0 Å². The summed E-state index contributed by atoms with van der Waals surface area (Å²) < 4.78 is 13.1. The van der Waals surface area contributed by atoms with Crippen LogP contribution >= 0.6 is 11.6 Å². The fourth-order valence-corrected chi connectivity index (χ4v) is 4.87. The number of rotatable bonds is 10. The van der Waals surface area contributed by atoms with Crippen molar-refractivity contribution in [2.75, 3.05) is 6.61 Å². The molecule has 2 aromatic heterocycles. The number of hydrogen-bond acceptors (Lipinski definition) is 5. The first kappa shape index (κ1) is 27.2. The molecule has 0 saturated heterocycles. The van der Waals surface area contributed by atoms with Crippen LogP contribution in [0.25, 0.3) is 16.6 Å².